The van der Waals surface area contributed by atoms with Crippen molar-refractivity contribution in [3.63, 3.8) is 0 Å². The molecule has 54 valence electrons. The lowest BCUT2D eigenvalue weighted by Gasteiger charge is -2.42. The summed E-state index contributed by atoms with van der Waals surface area (Å²) in [6.07, 6.45) is 0. The van der Waals surface area contributed by atoms with E-state index < -0.39 is 0 Å². The van der Waals surface area contributed by atoms with Gasteiger partial charge in [-0.15, -0.1) is 0 Å². The fourth-order valence-corrected chi connectivity index (χ4v) is 0.993. The summed E-state index contributed by atoms with van der Waals surface area (Å²) in [5, 5.41) is 0. The molecule has 1 aliphatic heterocycles. The van der Waals surface area contributed by atoms with Crippen LogP contribution in [0.3, 0.4) is 0 Å². The molecule has 0 amide bonds. The molecule has 1 saturated heterocycles. The van der Waals surface area contributed by atoms with Crippen LogP contribution < -0.4 is 5.73 Å². The van der Waals surface area contributed by atoms with Crippen molar-refractivity contribution >= 4 is 0 Å². The third-order valence-electron chi connectivity index (χ3n) is 2.41. The zero-order valence-electron chi connectivity index (χ0n) is 6.18. The van der Waals surface area contributed by atoms with E-state index in [1.807, 2.05) is 0 Å². The van der Waals surface area contributed by atoms with E-state index in [-0.39, 0.29) is 0 Å². The molecule has 1 aliphatic rings. The van der Waals surface area contributed by atoms with Gasteiger partial charge >= 0.3 is 0 Å². The van der Waals surface area contributed by atoms with E-state index in [9.17, 15) is 0 Å². The Morgan fingerprint density at radius 2 is 2.22 bits per heavy atom. The van der Waals surface area contributed by atoms with Gasteiger partial charge in [0.15, 0.2) is 0 Å². The van der Waals surface area contributed by atoms with Gasteiger partial charge in [0.25, 0.3) is 0 Å². The Hall–Kier alpha value is -0.0800. The number of ether oxygens (including phenoxy) is 1. The fourth-order valence-electron chi connectivity index (χ4n) is 0.993. The minimum atomic E-state index is 0.384. The molecular weight excluding hydrogens is 114 g/mol. The minimum absolute atomic E-state index is 0.384. The third kappa shape index (κ3) is 1.10. The molecule has 9 heavy (non-hydrogen) atoms. The highest BCUT2D eigenvalue weighted by Crippen LogP contribution is 2.34. The number of hydrogen-bond acceptors (Lipinski definition) is 2. The molecular formula is C7H15NO. The zero-order valence-corrected chi connectivity index (χ0v) is 6.18. The lowest BCUT2D eigenvalue weighted by atomic mass is 9.76. The predicted molar refractivity (Wildman–Crippen MR) is 37.1 cm³/mol. The molecule has 0 bridgehead atoms. The average Bonchev–Trinajstić information content (AvgIpc) is 1.81. The highest BCUT2D eigenvalue weighted by molar-refractivity contribution is 4.85. The van der Waals surface area contributed by atoms with Gasteiger partial charge in [-0.1, -0.05) is 13.8 Å². The summed E-state index contributed by atoms with van der Waals surface area (Å²) in [5.41, 5.74) is 5.90. The topological polar surface area (TPSA) is 35.2 Å². The first-order valence-corrected chi connectivity index (χ1v) is 3.47. The molecule has 0 spiro atoms. The SMILES string of the molecule is C[C@@H](CN)C1(C)COC1. The summed E-state index contributed by atoms with van der Waals surface area (Å²) in [6, 6.07) is 0. The van der Waals surface area contributed by atoms with Crippen molar-refractivity contribution in [3.05, 3.63) is 0 Å². The first-order valence-electron chi connectivity index (χ1n) is 3.47. The van der Waals surface area contributed by atoms with E-state index in [1.54, 1.807) is 0 Å². The van der Waals surface area contributed by atoms with Crippen LogP contribution in [0.25, 0.3) is 0 Å². The summed E-state index contributed by atoms with van der Waals surface area (Å²) in [5.74, 6) is 0.603. The van der Waals surface area contributed by atoms with E-state index >= 15 is 0 Å². The molecule has 2 nitrogen and oxygen atoms in total. The molecule has 2 N–H and O–H groups in total. The Morgan fingerprint density at radius 1 is 1.67 bits per heavy atom. The van der Waals surface area contributed by atoms with Gasteiger partial charge in [-0.3, -0.25) is 0 Å². The quantitative estimate of drug-likeness (QED) is 0.593. The zero-order chi connectivity index (χ0) is 6.91. The number of rotatable bonds is 2. The van der Waals surface area contributed by atoms with Crippen LogP contribution in [0.1, 0.15) is 13.8 Å². The number of nitrogens with two attached hydrogens (primary N) is 1. The van der Waals surface area contributed by atoms with Gasteiger partial charge in [-0.05, 0) is 12.5 Å². The second-order valence-electron chi connectivity index (χ2n) is 3.28. The van der Waals surface area contributed by atoms with Crippen LogP contribution in [0, 0.1) is 11.3 Å². The van der Waals surface area contributed by atoms with Crippen molar-refractivity contribution in [2.45, 2.75) is 13.8 Å². The summed E-state index contributed by atoms with van der Waals surface area (Å²) in [4.78, 5) is 0. The molecule has 0 radical (unpaired) electrons. The Kier molecular flexibility index (Phi) is 1.78. The maximum atomic E-state index is 5.51. The van der Waals surface area contributed by atoms with E-state index in [0.717, 1.165) is 19.8 Å². The molecule has 0 aromatic heterocycles. The molecule has 1 rings (SSSR count). The van der Waals surface area contributed by atoms with Crippen molar-refractivity contribution in [3.8, 4) is 0 Å². The molecule has 1 atom stereocenters. The van der Waals surface area contributed by atoms with Crippen LogP contribution in [-0.4, -0.2) is 19.8 Å². The normalized spacial score (nSPS) is 27.0. The first kappa shape index (κ1) is 7.03. The maximum Gasteiger partial charge on any atom is 0.0545 e. The Morgan fingerprint density at radius 3 is 2.33 bits per heavy atom. The van der Waals surface area contributed by atoms with Gasteiger partial charge in [0.2, 0.25) is 0 Å². The highest BCUT2D eigenvalue weighted by Gasteiger charge is 2.37. The average molecular weight is 129 g/mol. The maximum absolute atomic E-state index is 5.51. The molecule has 0 unspecified atom stereocenters. The van der Waals surface area contributed by atoms with Crippen molar-refractivity contribution in [1.82, 2.24) is 0 Å². The van der Waals surface area contributed by atoms with Crippen molar-refractivity contribution in [2.24, 2.45) is 17.1 Å². The van der Waals surface area contributed by atoms with E-state index in [0.29, 0.717) is 11.3 Å². The molecule has 0 aromatic carbocycles. The Balaban J connectivity index is 2.38. The molecule has 0 aromatic rings. The predicted octanol–water partition coefficient (Wildman–Crippen LogP) is 0.618. The lowest BCUT2D eigenvalue weighted by molar-refractivity contribution is -0.128. The van der Waals surface area contributed by atoms with Crippen LogP contribution in [0.15, 0.2) is 0 Å². The third-order valence-corrected chi connectivity index (χ3v) is 2.41. The largest absolute Gasteiger partial charge is 0.380 e. The first-order chi connectivity index (χ1) is 4.19. The van der Waals surface area contributed by atoms with E-state index in [2.05, 4.69) is 13.8 Å². The molecule has 2 heteroatoms. The van der Waals surface area contributed by atoms with Crippen LogP contribution in [0.5, 0.6) is 0 Å². The van der Waals surface area contributed by atoms with Crippen molar-refractivity contribution in [1.29, 1.82) is 0 Å². The Bertz CT molecular complexity index is 99.1. The lowest BCUT2D eigenvalue weighted by Crippen LogP contribution is -2.47. The second kappa shape index (κ2) is 2.27. The standard InChI is InChI=1S/C7H15NO/c1-6(3-8)7(2)4-9-5-7/h6H,3-5,8H2,1-2H3/t6-/m0/s1. The molecule has 0 aliphatic carbocycles. The van der Waals surface area contributed by atoms with E-state index in [4.69, 9.17) is 10.5 Å². The minimum Gasteiger partial charge on any atom is -0.380 e. The van der Waals surface area contributed by atoms with Crippen molar-refractivity contribution in [2.75, 3.05) is 19.8 Å². The van der Waals surface area contributed by atoms with Gasteiger partial charge in [0.05, 0.1) is 13.2 Å². The van der Waals surface area contributed by atoms with Gasteiger partial charge < -0.3 is 10.5 Å². The monoisotopic (exact) mass is 129 g/mol. The molecule has 1 fully saturated rings. The van der Waals surface area contributed by atoms with Gasteiger partial charge in [-0.25, -0.2) is 0 Å². The summed E-state index contributed by atoms with van der Waals surface area (Å²) in [7, 11) is 0. The van der Waals surface area contributed by atoms with E-state index in [1.165, 1.54) is 0 Å². The highest BCUT2D eigenvalue weighted by atomic mass is 16.5. The van der Waals surface area contributed by atoms with Gasteiger partial charge in [0.1, 0.15) is 0 Å². The summed E-state index contributed by atoms with van der Waals surface area (Å²) >= 11 is 0. The van der Waals surface area contributed by atoms with Crippen LogP contribution >= 0.6 is 0 Å². The molecule has 0 saturated carbocycles. The fraction of sp³-hybridized carbons (Fsp3) is 1.00. The summed E-state index contributed by atoms with van der Waals surface area (Å²) in [6.45, 7) is 6.98. The summed E-state index contributed by atoms with van der Waals surface area (Å²) < 4.78 is 5.11. The van der Waals surface area contributed by atoms with Crippen LogP contribution in [0.4, 0.5) is 0 Å². The van der Waals surface area contributed by atoms with Crippen molar-refractivity contribution < 1.29 is 4.74 Å². The van der Waals surface area contributed by atoms with Crippen LogP contribution in [-0.2, 0) is 4.74 Å². The number of hydrogen-bond donors (Lipinski definition) is 1. The van der Waals surface area contributed by atoms with Gasteiger partial charge in [-0.2, -0.15) is 0 Å². The van der Waals surface area contributed by atoms with Gasteiger partial charge in [0, 0.05) is 5.41 Å². The smallest absolute Gasteiger partial charge is 0.0545 e. The second-order valence-corrected chi connectivity index (χ2v) is 3.28. The Labute approximate surface area is 56.4 Å². The molecule has 1 heterocycles. The van der Waals surface area contributed by atoms with Crippen LogP contribution in [0.2, 0.25) is 0 Å².